The van der Waals surface area contributed by atoms with Gasteiger partial charge in [0.25, 0.3) is 5.91 Å². The standard InChI is InChI=1S/C19H19FN4O3/c1-24-11-13(10-21-24)16-9-18(27-23-16)19(25)22-15-6-7-26-17(8-15)12-2-4-14(20)5-3-12/h2-5,9-11,15,17H,6-8H2,1H3,(H,22,25). The molecule has 2 unspecified atom stereocenters. The fraction of sp³-hybridized carbons (Fsp3) is 0.316. The lowest BCUT2D eigenvalue weighted by Crippen LogP contribution is -2.39. The van der Waals surface area contributed by atoms with Crippen molar-refractivity contribution in [3.8, 4) is 11.3 Å². The van der Waals surface area contributed by atoms with Crippen molar-refractivity contribution in [1.82, 2.24) is 20.3 Å². The molecule has 1 amide bonds. The highest BCUT2D eigenvalue weighted by Crippen LogP contribution is 2.28. The van der Waals surface area contributed by atoms with Crippen molar-refractivity contribution in [1.29, 1.82) is 0 Å². The number of benzene rings is 1. The zero-order chi connectivity index (χ0) is 18.8. The summed E-state index contributed by atoms with van der Waals surface area (Å²) in [4.78, 5) is 12.5. The van der Waals surface area contributed by atoms with E-state index in [2.05, 4.69) is 15.6 Å². The van der Waals surface area contributed by atoms with E-state index in [1.807, 2.05) is 0 Å². The van der Waals surface area contributed by atoms with Gasteiger partial charge in [0, 0.05) is 37.5 Å². The van der Waals surface area contributed by atoms with Crippen LogP contribution in [0.2, 0.25) is 0 Å². The van der Waals surface area contributed by atoms with Gasteiger partial charge in [0.2, 0.25) is 5.76 Å². The molecule has 4 rings (SSSR count). The van der Waals surface area contributed by atoms with Crippen LogP contribution in [0.1, 0.15) is 35.1 Å². The van der Waals surface area contributed by atoms with Gasteiger partial charge in [-0.25, -0.2) is 4.39 Å². The highest BCUT2D eigenvalue weighted by atomic mass is 19.1. The summed E-state index contributed by atoms with van der Waals surface area (Å²) in [5, 5.41) is 11.0. The minimum absolute atomic E-state index is 0.0618. The number of carbonyl (C=O) groups excluding carboxylic acids is 1. The fourth-order valence-electron chi connectivity index (χ4n) is 3.17. The van der Waals surface area contributed by atoms with Crippen LogP contribution in [-0.2, 0) is 11.8 Å². The summed E-state index contributed by atoms with van der Waals surface area (Å²) in [7, 11) is 1.81. The number of rotatable bonds is 4. The Hall–Kier alpha value is -3.00. The molecular weight excluding hydrogens is 351 g/mol. The first kappa shape index (κ1) is 17.4. The Morgan fingerprint density at radius 3 is 2.89 bits per heavy atom. The summed E-state index contributed by atoms with van der Waals surface area (Å²) < 4.78 is 25.7. The minimum atomic E-state index is -0.317. The topological polar surface area (TPSA) is 82.2 Å². The normalized spacial score (nSPS) is 19.8. The number of amides is 1. The summed E-state index contributed by atoms with van der Waals surface area (Å²) in [6.45, 7) is 0.518. The van der Waals surface area contributed by atoms with Crippen molar-refractivity contribution in [3.63, 3.8) is 0 Å². The molecule has 0 spiro atoms. The Morgan fingerprint density at radius 2 is 2.15 bits per heavy atom. The van der Waals surface area contributed by atoms with Gasteiger partial charge in [-0.2, -0.15) is 5.10 Å². The van der Waals surface area contributed by atoms with E-state index < -0.39 is 0 Å². The van der Waals surface area contributed by atoms with Gasteiger partial charge in [0.1, 0.15) is 11.5 Å². The second-order valence-electron chi connectivity index (χ2n) is 6.58. The summed E-state index contributed by atoms with van der Waals surface area (Å²) >= 11 is 0. The van der Waals surface area contributed by atoms with Gasteiger partial charge in [-0.05, 0) is 30.5 Å². The molecule has 1 N–H and O–H groups in total. The fourth-order valence-corrected chi connectivity index (χ4v) is 3.17. The van der Waals surface area contributed by atoms with E-state index in [1.54, 1.807) is 42.3 Å². The molecule has 7 nitrogen and oxygen atoms in total. The predicted octanol–water partition coefficient (Wildman–Crippen LogP) is 2.86. The first-order valence-corrected chi connectivity index (χ1v) is 8.72. The largest absolute Gasteiger partial charge is 0.373 e. The molecule has 27 heavy (non-hydrogen) atoms. The third-order valence-electron chi connectivity index (χ3n) is 4.60. The first-order chi connectivity index (χ1) is 13.1. The van der Waals surface area contributed by atoms with Gasteiger partial charge in [-0.15, -0.1) is 0 Å². The number of hydrogen-bond donors (Lipinski definition) is 1. The van der Waals surface area contributed by atoms with Crippen LogP contribution in [0.3, 0.4) is 0 Å². The Bertz CT molecular complexity index is 935. The lowest BCUT2D eigenvalue weighted by atomic mass is 9.97. The maximum Gasteiger partial charge on any atom is 0.290 e. The van der Waals surface area contributed by atoms with E-state index in [1.165, 1.54) is 12.1 Å². The summed E-state index contributed by atoms with van der Waals surface area (Å²) in [6, 6.07) is 7.78. The zero-order valence-corrected chi connectivity index (χ0v) is 14.8. The van der Waals surface area contributed by atoms with Crippen LogP contribution in [-0.4, -0.2) is 33.5 Å². The van der Waals surface area contributed by atoms with Crippen LogP contribution in [0.15, 0.2) is 47.2 Å². The molecule has 3 heterocycles. The number of aryl methyl sites for hydroxylation is 1. The third-order valence-corrected chi connectivity index (χ3v) is 4.60. The highest BCUT2D eigenvalue weighted by Gasteiger charge is 2.26. The van der Waals surface area contributed by atoms with E-state index in [-0.39, 0.29) is 29.6 Å². The summed E-state index contributed by atoms with van der Waals surface area (Å²) in [6.07, 6.45) is 4.59. The van der Waals surface area contributed by atoms with Crippen molar-refractivity contribution in [2.45, 2.75) is 25.0 Å². The van der Waals surface area contributed by atoms with Gasteiger partial charge in [-0.1, -0.05) is 17.3 Å². The first-order valence-electron chi connectivity index (χ1n) is 8.72. The number of halogens is 1. The van der Waals surface area contributed by atoms with E-state index in [9.17, 15) is 9.18 Å². The molecule has 2 atom stereocenters. The molecular formula is C19H19FN4O3. The molecule has 1 fully saturated rings. The lowest BCUT2D eigenvalue weighted by molar-refractivity contribution is 0.000637. The smallest absolute Gasteiger partial charge is 0.290 e. The van der Waals surface area contributed by atoms with Crippen molar-refractivity contribution in [2.24, 2.45) is 7.05 Å². The SMILES string of the molecule is Cn1cc(-c2cc(C(=O)NC3CCOC(c4ccc(F)cc4)C3)on2)cn1. The van der Waals surface area contributed by atoms with Crippen molar-refractivity contribution < 1.29 is 18.4 Å². The molecule has 0 radical (unpaired) electrons. The Labute approximate surface area is 155 Å². The maximum atomic E-state index is 13.1. The number of nitrogens with one attached hydrogen (secondary N) is 1. The van der Waals surface area contributed by atoms with E-state index in [4.69, 9.17) is 9.26 Å². The van der Waals surface area contributed by atoms with Crippen LogP contribution >= 0.6 is 0 Å². The second-order valence-corrected chi connectivity index (χ2v) is 6.58. The molecule has 0 saturated carbocycles. The molecule has 1 saturated heterocycles. The molecule has 3 aromatic rings. The zero-order valence-electron chi connectivity index (χ0n) is 14.8. The predicted molar refractivity (Wildman–Crippen MR) is 94.3 cm³/mol. The van der Waals surface area contributed by atoms with Crippen LogP contribution in [0.4, 0.5) is 4.39 Å². The lowest BCUT2D eigenvalue weighted by Gasteiger charge is -2.30. The Kier molecular flexibility index (Phi) is 4.72. The average molecular weight is 370 g/mol. The summed E-state index contributed by atoms with van der Waals surface area (Å²) in [5.41, 5.74) is 2.24. The molecule has 2 aromatic heterocycles. The van der Waals surface area contributed by atoms with Crippen molar-refractivity contribution >= 4 is 5.91 Å². The van der Waals surface area contributed by atoms with Crippen molar-refractivity contribution in [2.75, 3.05) is 6.61 Å². The second kappa shape index (κ2) is 7.32. The Balaban J connectivity index is 1.40. The summed E-state index contributed by atoms with van der Waals surface area (Å²) in [5.74, 6) is -0.449. The molecule has 0 bridgehead atoms. The molecule has 8 heteroatoms. The van der Waals surface area contributed by atoms with Gasteiger partial charge in [0.15, 0.2) is 0 Å². The van der Waals surface area contributed by atoms with Crippen molar-refractivity contribution in [3.05, 3.63) is 59.9 Å². The molecule has 1 aliphatic heterocycles. The molecule has 140 valence electrons. The number of carbonyl (C=O) groups is 1. The van der Waals surface area contributed by atoms with E-state index in [0.29, 0.717) is 25.1 Å². The van der Waals surface area contributed by atoms with Gasteiger partial charge in [-0.3, -0.25) is 9.48 Å². The number of nitrogens with zero attached hydrogens (tertiary/aromatic N) is 3. The van der Waals surface area contributed by atoms with Gasteiger partial charge >= 0.3 is 0 Å². The third kappa shape index (κ3) is 3.90. The monoisotopic (exact) mass is 370 g/mol. The van der Waals surface area contributed by atoms with E-state index >= 15 is 0 Å². The molecule has 1 aliphatic rings. The quantitative estimate of drug-likeness (QED) is 0.764. The Morgan fingerprint density at radius 1 is 1.33 bits per heavy atom. The number of hydrogen-bond acceptors (Lipinski definition) is 5. The van der Waals surface area contributed by atoms with Gasteiger partial charge < -0.3 is 14.6 Å². The number of ether oxygens (including phenoxy) is 1. The number of aromatic nitrogens is 3. The highest BCUT2D eigenvalue weighted by molar-refractivity contribution is 5.92. The van der Waals surface area contributed by atoms with E-state index in [0.717, 1.165) is 11.1 Å². The van der Waals surface area contributed by atoms with Crippen LogP contribution in [0.25, 0.3) is 11.3 Å². The minimum Gasteiger partial charge on any atom is -0.373 e. The van der Waals surface area contributed by atoms with Crippen LogP contribution in [0, 0.1) is 5.82 Å². The van der Waals surface area contributed by atoms with Crippen LogP contribution < -0.4 is 5.32 Å². The molecule has 0 aliphatic carbocycles. The van der Waals surface area contributed by atoms with Crippen LogP contribution in [0.5, 0.6) is 0 Å². The molecule has 1 aromatic carbocycles. The maximum absolute atomic E-state index is 13.1. The average Bonchev–Trinajstić information content (AvgIpc) is 3.31. The van der Waals surface area contributed by atoms with Gasteiger partial charge in [0.05, 0.1) is 12.3 Å².